The van der Waals surface area contributed by atoms with Crippen molar-refractivity contribution in [3.63, 3.8) is 0 Å². The third kappa shape index (κ3) is 3.01. The van der Waals surface area contributed by atoms with E-state index in [-0.39, 0.29) is 37.4 Å². The minimum absolute atomic E-state index is 0.0812. The number of aromatic nitrogens is 1. The molecule has 0 atom stereocenters. The zero-order chi connectivity index (χ0) is 15.7. The number of benzene rings is 1. The van der Waals surface area contributed by atoms with Gasteiger partial charge in [0.25, 0.3) is 0 Å². The van der Waals surface area contributed by atoms with E-state index >= 15 is 0 Å². The summed E-state index contributed by atoms with van der Waals surface area (Å²) < 4.78 is 0. The molecule has 1 aromatic heterocycles. The Labute approximate surface area is 146 Å². The van der Waals surface area contributed by atoms with Crippen molar-refractivity contribution in [2.75, 3.05) is 5.73 Å². The summed E-state index contributed by atoms with van der Waals surface area (Å²) in [4.78, 5) is 4.03. The minimum atomic E-state index is 0.0812. The van der Waals surface area contributed by atoms with Crippen LogP contribution in [-0.4, -0.2) is 4.98 Å². The third-order valence-electron chi connectivity index (χ3n) is 2.77. The quantitative estimate of drug-likeness (QED) is 0.539. The molecule has 0 bridgehead atoms. The molecule has 0 aliphatic carbocycles. The lowest BCUT2D eigenvalue weighted by Crippen LogP contribution is -1.98. The summed E-state index contributed by atoms with van der Waals surface area (Å²) in [6.45, 7) is 0. The Kier molecular flexibility index (Phi) is 5.08. The van der Waals surface area contributed by atoms with Crippen molar-refractivity contribution < 1.29 is 0 Å². The molecule has 2 aromatic rings. The molecule has 21 heavy (non-hydrogen) atoms. The zero-order valence-electron chi connectivity index (χ0n) is 10.2. The Balaban J connectivity index is 2.74. The Morgan fingerprint density at radius 2 is 1.52 bits per heavy atom. The topological polar surface area (TPSA) is 62.7 Å². The molecule has 3 nitrogen and oxygen atoms in total. The van der Waals surface area contributed by atoms with E-state index in [1.165, 1.54) is 6.20 Å². The summed E-state index contributed by atoms with van der Waals surface area (Å²) in [5, 5.41) is 9.39. The monoisotopic (exact) mass is 379 g/mol. The lowest BCUT2D eigenvalue weighted by molar-refractivity contribution is 1.20. The molecule has 108 valence electrons. The number of nitrogen functional groups attached to an aromatic ring is 1. The van der Waals surface area contributed by atoms with Gasteiger partial charge in [-0.2, -0.15) is 5.26 Å². The number of hydrogen-bond acceptors (Lipinski definition) is 3. The van der Waals surface area contributed by atoms with E-state index in [1.54, 1.807) is 6.07 Å². The first-order valence-corrected chi connectivity index (χ1v) is 7.40. The van der Waals surface area contributed by atoms with Gasteiger partial charge in [0.05, 0.1) is 37.6 Å². The van der Waals surface area contributed by atoms with E-state index in [2.05, 4.69) is 4.98 Å². The number of rotatable bonds is 2. The number of anilines is 1. The molecule has 0 fully saturated rings. The second-order valence-corrected chi connectivity index (χ2v) is 5.94. The van der Waals surface area contributed by atoms with Crippen molar-refractivity contribution >= 4 is 63.8 Å². The van der Waals surface area contributed by atoms with Crippen LogP contribution in [0.4, 0.5) is 5.82 Å². The van der Waals surface area contributed by atoms with E-state index in [4.69, 9.17) is 69.0 Å². The average Bonchev–Trinajstić information content (AvgIpc) is 2.47. The summed E-state index contributed by atoms with van der Waals surface area (Å²) in [6, 6.07) is 3.67. The standard InChI is InChI=1S/C13H6Cl5N3/c14-8-7(9(15)11(17)12(18)10(8)16)6-3-5(1-2-19)13(20)21-4-6/h3-4H,1H2,(H2,20,21). The molecule has 1 heterocycles. The van der Waals surface area contributed by atoms with Crippen LogP contribution in [0.25, 0.3) is 11.1 Å². The molecule has 2 N–H and O–H groups in total. The summed E-state index contributed by atoms with van der Waals surface area (Å²) in [6.07, 6.45) is 1.58. The van der Waals surface area contributed by atoms with Gasteiger partial charge in [-0.15, -0.1) is 0 Å². The molecule has 1 aromatic carbocycles. The maximum Gasteiger partial charge on any atom is 0.127 e. The number of pyridine rings is 1. The van der Waals surface area contributed by atoms with Crippen LogP contribution in [0.3, 0.4) is 0 Å². The second kappa shape index (κ2) is 6.48. The van der Waals surface area contributed by atoms with Gasteiger partial charge in [0.15, 0.2) is 0 Å². The smallest absolute Gasteiger partial charge is 0.127 e. The Morgan fingerprint density at radius 3 is 2.05 bits per heavy atom. The molecule has 0 amide bonds. The highest BCUT2D eigenvalue weighted by atomic mass is 35.5. The molecule has 0 saturated heterocycles. The van der Waals surface area contributed by atoms with E-state index in [9.17, 15) is 0 Å². The molecule has 0 radical (unpaired) electrons. The number of nitriles is 1. The van der Waals surface area contributed by atoms with E-state index in [1.807, 2.05) is 6.07 Å². The fraction of sp³-hybridized carbons (Fsp3) is 0.0769. The summed E-state index contributed by atoms with van der Waals surface area (Å²) in [7, 11) is 0. The summed E-state index contributed by atoms with van der Waals surface area (Å²) in [5.74, 6) is 0.263. The lowest BCUT2D eigenvalue weighted by atomic mass is 10.0. The third-order valence-corrected chi connectivity index (χ3v) is 5.05. The van der Waals surface area contributed by atoms with Crippen molar-refractivity contribution in [2.45, 2.75) is 6.42 Å². The normalized spacial score (nSPS) is 10.5. The highest BCUT2D eigenvalue weighted by molar-refractivity contribution is 6.56. The molecular formula is C13H6Cl5N3. The van der Waals surface area contributed by atoms with Crippen molar-refractivity contribution in [1.82, 2.24) is 4.98 Å². The van der Waals surface area contributed by atoms with Crippen molar-refractivity contribution in [3.8, 4) is 17.2 Å². The van der Waals surface area contributed by atoms with Gasteiger partial charge in [0.2, 0.25) is 0 Å². The van der Waals surface area contributed by atoms with Crippen LogP contribution in [-0.2, 0) is 6.42 Å². The molecule has 0 spiro atoms. The molecule has 2 rings (SSSR count). The predicted octanol–water partition coefficient (Wildman–Crippen LogP) is 5.66. The molecule has 0 aliphatic heterocycles. The van der Waals surface area contributed by atoms with E-state index in [0.29, 0.717) is 16.7 Å². The highest BCUT2D eigenvalue weighted by Crippen LogP contribution is 2.48. The SMILES string of the molecule is N#CCc1cc(-c2c(Cl)c(Cl)c(Cl)c(Cl)c2Cl)cnc1N. The van der Waals surface area contributed by atoms with Crippen molar-refractivity contribution in [3.05, 3.63) is 42.9 Å². The number of nitrogens with two attached hydrogens (primary N) is 1. The molecule has 0 unspecified atom stereocenters. The lowest BCUT2D eigenvalue weighted by Gasteiger charge is -2.13. The van der Waals surface area contributed by atoms with E-state index in [0.717, 1.165) is 0 Å². The second-order valence-electron chi connectivity index (χ2n) is 4.05. The van der Waals surface area contributed by atoms with Gasteiger partial charge >= 0.3 is 0 Å². The maximum absolute atomic E-state index is 8.79. The average molecular weight is 381 g/mol. The Hall–Kier alpha value is -0.890. The van der Waals surface area contributed by atoms with Crippen LogP contribution in [0.15, 0.2) is 12.3 Å². The van der Waals surface area contributed by atoms with Crippen LogP contribution in [0.5, 0.6) is 0 Å². The number of nitrogens with zero attached hydrogens (tertiary/aromatic N) is 2. The zero-order valence-corrected chi connectivity index (χ0v) is 14.0. The highest BCUT2D eigenvalue weighted by Gasteiger charge is 2.21. The van der Waals surface area contributed by atoms with Gasteiger partial charge in [-0.25, -0.2) is 4.98 Å². The number of halogens is 5. The van der Waals surface area contributed by atoms with Gasteiger partial charge in [-0.1, -0.05) is 58.0 Å². The molecule has 0 saturated carbocycles. The van der Waals surface area contributed by atoms with E-state index < -0.39 is 0 Å². The minimum Gasteiger partial charge on any atom is -0.383 e. The van der Waals surface area contributed by atoms with Crippen LogP contribution in [0.1, 0.15) is 5.56 Å². The van der Waals surface area contributed by atoms with Gasteiger partial charge in [0.1, 0.15) is 5.82 Å². The Bertz CT molecular complexity index is 738. The molecule has 0 aliphatic rings. The first-order valence-electron chi connectivity index (χ1n) is 5.51. The first-order chi connectivity index (χ1) is 9.88. The first kappa shape index (κ1) is 16.5. The predicted molar refractivity (Wildman–Crippen MR) is 88.5 cm³/mol. The van der Waals surface area contributed by atoms with Crippen molar-refractivity contribution in [1.29, 1.82) is 5.26 Å². The largest absolute Gasteiger partial charge is 0.383 e. The number of hydrogen-bond donors (Lipinski definition) is 1. The van der Waals surface area contributed by atoms with Crippen LogP contribution >= 0.6 is 58.0 Å². The fourth-order valence-corrected chi connectivity index (χ4v) is 3.10. The Morgan fingerprint density at radius 1 is 1.00 bits per heavy atom. The van der Waals surface area contributed by atoms with Gasteiger partial charge < -0.3 is 5.73 Å². The maximum atomic E-state index is 8.79. The van der Waals surface area contributed by atoms with Crippen LogP contribution < -0.4 is 5.73 Å². The van der Waals surface area contributed by atoms with Gasteiger partial charge in [0, 0.05) is 22.9 Å². The fourth-order valence-electron chi connectivity index (χ4n) is 1.74. The molecular weight excluding hydrogens is 375 g/mol. The van der Waals surface area contributed by atoms with Crippen LogP contribution in [0.2, 0.25) is 25.1 Å². The van der Waals surface area contributed by atoms with Gasteiger partial charge in [-0.3, -0.25) is 0 Å². The molecule has 8 heteroatoms. The van der Waals surface area contributed by atoms with Crippen LogP contribution in [0, 0.1) is 11.3 Å². The summed E-state index contributed by atoms with van der Waals surface area (Å²) in [5.41, 5.74) is 7.21. The van der Waals surface area contributed by atoms with Crippen molar-refractivity contribution in [2.24, 2.45) is 0 Å². The van der Waals surface area contributed by atoms with Gasteiger partial charge in [-0.05, 0) is 6.07 Å². The summed E-state index contributed by atoms with van der Waals surface area (Å²) >= 11 is 30.4.